The summed E-state index contributed by atoms with van der Waals surface area (Å²) in [6, 6.07) is 0. The van der Waals surface area contributed by atoms with E-state index in [9.17, 15) is 17.4 Å². The minimum absolute atomic E-state index is 0.0485. The Balaban J connectivity index is 2.23. The van der Waals surface area contributed by atoms with Crippen LogP contribution in [0.3, 0.4) is 0 Å². The Kier molecular flexibility index (Phi) is 2.68. The Morgan fingerprint density at radius 3 is 2.88 bits per heavy atom. The highest BCUT2D eigenvalue weighted by molar-refractivity contribution is 7.86. The van der Waals surface area contributed by atoms with E-state index in [0.717, 1.165) is 17.1 Å². The van der Waals surface area contributed by atoms with Crippen molar-refractivity contribution in [2.75, 3.05) is 6.73 Å². The number of hydrogen-bond acceptors (Lipinski definition) is 5. The summed E-state index contributed by atoms with van der Waals surface area (Å²) in [6.07, 6.45) is 1.84. The lowest BCUT2D eigenvalue weighted by Crippen LogP contribution is -2.25. The normalized spacial score (nSPS) is 18.1. The van der Waals surface area contributed by atoms with Crippen LogP contribution in [0.25, 0.3) is 0 Å². The maximum atomic E-state index is 12.1. The van der Waals surface area contributed by atoms with Gasteiger partial charge in [-0.05, 0) is 0 Å². The minimum Gasteiger partial charge on any atom is -0.250 e. The Hall–Kier alpha value is -1.42. The third-order valence-corrected chi connectivity index (χ3v) is 2.70. The molecule has 6 nitrogen and oxygen atoms in total. The fraction of sp³-hybridized carbons (Fsp3) is 0.333. The zero-order chi connectivity index (χ0) is 11.8. The summed E-state index contributed by atoms with van der Waals surface area (Å²) in [5.74, 6) is 0.144. The fourth-order valence-corrected chi connectivity index (χ4v) is 1.60. The second kappa shape index (κ2) is 3.87. The lowest BCUT2D eigenvalue weighted by molar-refractivity contribution is -0.0384. The first kappa shape index (κ1) is 11.1. The number of nitrogens with one attached hydrogen (secondary N) is 1. The highest BCUT2D eigenvalue weighted by Gasteiger charge is 2.38. The summed E-state index contributed by atoms with van der Waals surface area (Å²) in [7, 11) is -3.09. The number of rotatable bonds is 1. The van der Waals surface area contributed by atoms with E-state index in [1.807, 2.05) is 0 Å². The molecule has 1 aromatic rings. The standard InChI is InChI=1S/C6H5F3N4O2S/c7-6(8,9)16(14)4-1-11-13(2-4)5-10-3-15-12-5/h1-2H,3H2,(H,10,12). The van der Waals surface area contributed by atoms with Crippen LogP contribution >= 0.6 is 0 Å². The summed E-state index contributed by atoms with van der Waals surface area (Å²) in [5, 5.41) is 3.58. The molecule has 0 aliphatic carbocycles. The van der Waals surface area contributed by atoms with Gasteiger partial charge in [-0.15, -0.1) is 0 Å². The maximum absolute atomic E-state index is 12.1. The van der Waals surface area contributed by atoms with E-state index in [1.165, 1.54) is 0 Å². The molecule has 1 aliphatic rings. The van der Waals surface area contributed by atoms with Crippen LogP contribution in [-0.4, -0.2) is 32.2 Å². The summed E-state index contributed by atoms with van der Waals surface area (Å²) in [4.78, 5) is 7.94. The van der Waals surface area contributed by atoms with Crippen molar-refractivity contribution in [3.8, 4) is 0 Å². The van der Waals surface area contributed by atoms with E-state index >= 15 is 0 Å². The number of aliphatic imine (C=N–C) groups is 1. The van der Waals surface area contributed by atoms with Gasteiger partial charge in [-0.3, -0.25) is 0 Å². The molecule has 0 saturated carbocycles. The molecule has 2 rings (SSSR count). The monoisotopic (exact) mass is 254 g/mol. The van der Waals surface area contributed by atoms with Crippen LogP contribution in [0.2, 0.25) is 0 Å². The van der Waals surface area contributed by atoms with E-state index in [-0.39, 0.29) is 12.7 Å². The number of nitrogens with zero attached hydrogens (tertiary/aromatic N) is 3. The Morgan fingerprint density at radius 1 is 1.56 bits per heavy atom. The van der Waals surface area contributed by atoms with Gasteiger partial charge in [-0.1, -0.05) is 0 Å². The predicted molar refractivity (Wildman–Crippen MR) is 46.6 cm³/mol. The molecule has 1 atom stereocenters. The molecule has 0 saturated heterocycles. The highest BCUT2D eigenvalue weighted by Crippen LogP contribution is 2.25. The van der Waals surface area contributed by atoms with Gasteiger partial charge in [0, 0.05) is 0 Å². The molecule has 0 radical (unpaired) electrons. The van der Waals surface area contributed by atoms with Crippen molar-refractivity contribution in [3.05, 3.63) is 12.4 Å². The van der Waals surface area contributed by atoms with Crippen molar-refractivity contribution in [1.82, 2.24) is 15.3 Å². The second-order valence-electron chi connectivity index (χ2n) is 2.69. The van der Waals surface area contributed by atoms with E-state index in [4.69, 9.17) is 0 Å². The van der Waals surface area contributed by atoms with Crippen LogP contribution in [-0.2, 0) is 15.6 Å². The van der Waals surface area contributed by atoms with Gasteiger partial charge in [0.2, 0.25) is 5.96 Å². The van der Waals surface area contributed by atoms with Gasteiger partial charge in [-0.2, -0.15) is 18.3 Å². The molecule has 1 aliphatic heterocycles. The number of aromatic nitrogens is 2. The van der Waals surface area contributed by atoms with Gasteiger partial charge >= 0.3 is 5.51 Å². The van der Waals surface area contributed by atoms with Crippen molar-refractivity contribution in [1.29, 1.82) is 0 Å². The summed E-state index contributed by atoms with van der Waals surface area (Å²) < 4.78 is 48.3. The van der Waals surface area contributed by atoms with E-state index in [0.29, 0.717) is 0 Å². The average Bonchev–Trinajstić information content (AvgIpc) is 2.85. The minimum atomic E-state index is -4.80. The number of hydroxylamine groups is 1. The van der Waals surface area contributed by atoms with Gasteiger partial charge < -0.3 is 0 Å². The van der Waals surface area contributed by atoms with Crippen molar-refractivity contribution in [3.63, 3.8) is 0 Å². The second-order valence-corrected chi connectivity index (χ2v) is 4.16. The molecule has 0 fully saturated rings. The third kappa shape index (κ3) is 2.07. The summed E-state index contributed by atoms with van der Waals surface area (Å²) in [5.41, 5.74) is -2.46. The third-order valence-electron chi connectivity index (χ3n) is 1.64. The van der Waals surface area contributed by atoms with E-state index in [2.05, 4.69) is 20.4 Å². The molecule has 88 valence electrons. The molecule has 1 N–H and O–H groups in total. The van der Waals surface area contributed by atoms with Crippen LogP contribution in [0.4, 0.5) is 13.2 Å². The largest absolute Gasteiger partial charge is 0.475 e. The molecular formula is C6H5F3N4O2S. The molecule has 0 aromatic carbocycles. The molecule has 10 heteroatoms. The SMILES string of the molecule is O=S(c1cnn(C2=NCON2)c1)C(F)(F)F. The molecule has 16 heavy (non-hydrogen) atoms. The lowest BCUT2D eigenvalue weighted by Gasteiger charge is -2.02. The zero-order valence-electron chi connectivity index (χ0n) is 7.56. The summed E-state index contributed by atoms with van der Waals surface area (Å²) in [6.45, 7) is 0.0485. The summed E-state index contributed by atoms with van der Waals surface area (Å²) >= 11 is 0. The molecule has 1 aromatic heterocycles. The first-order chi connectivity index (χ1) is 7.48. The number of hydrogen-bond donors (Lipinski definition) is 1. The first-order valence-electron chi connectivity index (χ1n) is 3.94. The van der Waals surface area contributed by atoms with Crippen LogP contribution in [0, 0.1) is 0 Å². The molecule has 1 unspecified atom stereocenters. The topological polar surface area (TPSA) is 68.5 Å². The van der Waals surface area contributed by atoms with Gasteiger partial charge in [-0.25, -0.2) is 24.2 Å². The van der Waals surface area contributed by atoms with Crippen molar-refractivity contribution in [2.24, 2.45) is 4.99 Å². The molecule has 0 bridgehead atoms. The molecule has 0 amide bonds. The van der Waals surface area contributed by atoms with Crippen LogP contribution in [0.1, 0.15) is 0 Å². The van der Waals surface area contributed by atoms with Crippen LogP contribution in [0.5, 0.6) is 0 Å². The Bertz CT molecular complexity index is 455. The number of alkyl halides is 3. The van der Waals surface area contributed by atoms with E-state index in [1.54, 1.807) is 0 Å². The van der Waals surface area contributed by atoms with Crippen LogP contribution in [0.15, 0.2) is 22.3 Å². The first-order valence-corrected chi connectivity index (χ1v) is 5.09. The Morgan fingerprint density at radius 2 is 2.31 bits per heavy atom. The molecule has 2 heterocycles. The molecule has 0 spiro atoms. The van der Waals surface area contributed by atoms with Gasteiger partial charge in [0.15, 0.2) is 17.5 Å². The van der Waals surface area contributed by atoms with Crippen LogP contribution < -0.4 is 5.48 Å². The smallest absolute Gasteiger partial charge is 0.250 e. The highest BCUT2D eigenvalue weighted by atomic mass is 32.2. The number of halogens is 3. The van der Waals surface area contributed by atoms with Crippen molar-refractivity contribution >= 4 is 16.8 Å². The van der Waals surface area contributed by atoms with Gasteiger partial charge in [0.05, 0.1) is 17.3 Å². The van der Waals surface area contributed by atoms with Crippen molar-refractivity contribution in [2.45, 2.75) is 10.4 Å². The van der Waals surface area contributed by atoms with E-state index < -0.39 is 21.2 Å². The average molecular weight is 254 g/mol. The zero-order valence-corrected chi connectivity index (χ0v) is 8.38. The predicted octanol–water partition coefficient (Wildman–Crippen LogP) is 0.207. The maximum Gasteiger partial charge on any atom is 0.475 e. The van der Waals surface area contributed by atoms with Gasteiger partial charge in [0.1, 0.15) is 0 Å². The van der Waals surface area contributed by atoms with Crippen molar-refractivity contribution < 1.29 is 22.2 Å². The molecular weight excluding hydrogens is 249 g/mol. The Labute approximate surface area is 89.5 Å². The lowest BCUT2D eigenvalue weighted by atomic mass is 10.7. The fourth-order valence-electron chi connectivity index (χ4n) is 0.993. The quantitative estimate of drug-likeness (QED) is 0.777. The van der Waals surface area contributed by atoms with Gasteiger partial charge in [0.25, 0.3) is 0 Å².